The van der Waals surface area contributed by atoms with Gasteiger partial charge in [-0.1, -0.05) is 141 Å². The Morgan fingerprint density at radius 1 is 0.377 bits per heavy atom. The molecule has 0 amide bonds. The number of hydrogen-bond acceptors (Lipinski definition) is 6. The van der Waals surface area contributed by atoms with Crippen LogP contribution in [0.1, 0.15) is 153 Å². The maximum atomic E-state index is 11.3. The van der Waals surface area contributed by atoms with Crippen molar-refractivity contribution >= 4 is 90.7 Å². The van der Waals surface area contributed by atoms with Crippen molar-refractivity contribution in [2.24, 2.45) is 0 Å². The number of rotatable bonds is 22. The Bertz CT molecular complexity index is 1770. The molecule has 0 bridgehead atoms. The Hall–Kier alpha value is -1.21. The van der Waals surface area contributed by atoms with Gasteiger partial charge in [-0.2, -0.15) is 0 Å². The normalized spacial score (nSPS) is 11.7. The third-order valence-electron chi connectivity index (χ3n) is 10.0. The van der Waals surface area contributed by atoms with Crippen LogP contribution in [0.3, 0.4) is 0 Å². The van der Waals surface area contributed by atoms with Crippen LogP contribution in [0.2, 0.25) is 0 Å². The molecule has 0 unspecified atom stereocenters. The molecule has 0 radical (unpaired) electrons. The van der Waals surface area contributed by atoms with E-state index in [1.807, 2.05) is 0 Å². The van der Waals surface area contributed by atoms with E-state index in [1.165, 1.54) is 136 Å². The van der Waals surface area contributed by atoms with Gasteiger partial charge in [0.15, 0.2) is 0 Å². The maximum absolute atomic E-state index is 11.3. The molecule has 0 aliphatic carbocycles. The molecule has 4 aromatic carbocycles. The minimum absolute atomic E-state index is 0. The summed E-state index contributed by atoms with van der Waals surface area (Å²) in [4.78, 5) is -0.282. The van der Waals surface area contributed by atoms with Gasteiger partial charge in [-0.15, -0.1) is 0 Å². The molecule has 288 valence electrons. The fourth-order valence-corrected chi connectivity index (χ4v) is 7.96. The van der Waals surface area contributed by atoms with E-state index in [-0.39, 0.29) is 58.7 Å². The van der Waals surface area contributed by atoms with E-state index in [0.29, 0.717) is 0 Å². The quantitative estimate of drug-likeness (QED) is 0.0441. The van der Waals surface area contributed by atoms with Gasteiger partial charge in [-0.25, -0.2) is 16.8 Å². The van der Waals surface area contributed by atoms with Gasteiger partial charge in [0.25, 0.3) is 0 Å². The summed E-state index contributed by atoms with van der Waals surface area (Å²) >= 11 is 0. The van der Waals surface area contributed by atoms with Crippen LogP contribution in [-0.4, -0.2) is 74.8 Å². The standard InChI is InChI=1S/2C22H32O3S.Ba/c2*1-3-5-7-9-11-18-15-20-13-14-22(26(23,24)25)17-21(20)16-19(18)12-10-8-6-4-2;/h2*13-17H,3-12H2,1-2H3,(H,23,24,25);/q;;+2/p-2. The second kappa shape index (κ2) is 25.1. The Kier molecular flexibility index (Phi) is 22.7. The van der Waals surface area contributed by atoms with Crippen molar-refractivity contribution in [2.45, 2.75) is 166 Å². The smallest absolute Gasteiger partial charge is 0.744 e. The SMILES string of the molecule is CCCCCCc1cc2ccc(S(=O)(=O)[O-])cc2cc1CCCCCC.CCCCCCc1cc2ccc(S(=O)(=O)[O-])cc2cc1CCCCCC.[Ba+2]. The van der Waals surface area contributed by atoms with Crippen molar-refractivity contribution in [1.29, 1.82) is 0 Å². The van der Waals surface area contributed by atoms with E-state index in [9.17, 15) is 25.9 Å². The molecule has 0 aliphatic rings. The molecule has 6 nitrogen and oxygen atoms in total. The summed E-state index contributed by atoms with van der Waals surface area (Å²) in [5, 5.41) is 3.73. The molecular formula is C44H62BaO6S2. The van der Waals surface area contributed by atoms with Gasteiger partial charge in [-0.05, 0) is 119 Å². The first-order chi connectivity index (χ1) is 24.9. The predicted octanol–water partition coefficient (Wildman–Crippen LogP) is 11.6. The van der Waals surface area contributed by atoms with Crippen molar-refractivity contribution in [2.75, 3.05) is 0 Å². The summed E-state index contributed by atoms with van der Waals surface area (Å²) in [5.74, 6) is 0. The van der Waals surface area contributed by atoms with E-state index in [2.05, 4.69) is 52.0 Å². The largest absolute Gasteiger partial charge is 2.00 e. The molecular weight excluding hydrogens is 826 g/mol. The van der Waals surface area contributed by atoms with Crippen LogP contribution in [0.25, 0.3) is 21.5 Å². The van der Waals surface area contributed by atoms with Crippen LogP contribution in [-0.2, 0) is 45.9 Å². The number of unbranched alkanes of at least 4 members (excludes halogenated alkanes) is 12. The van der Waals surface area contributed by atoms with Gasteiger partial charge in [0.05, 0.1) is 9.79 Å². The summed E-state index contributed by atoms with van der Waals surface area (Å²) in [5.41, 5.74) is 5.38. The first-order valence-electron chi connectivity index (χ1n) is 19.9. The first kappa shape index (κ1) is 47.9. The summed E-state index contributed by atoms with van der Waals surface area (Å²) in [6.07, 6.45) is 23.7. The molecule has 0 N–H and O–H groups in total. The van der Waals surface area contributed by atoms with Crippen LogP contribution < -0.4 is 0 Å². The van der Waals surface area contributed by atoms with E-state index in [4.69, 9.17) is 0 Å². The summed E-state index contributed by atoms with van der Waals surface area (Å²) in [7, 11) is -8.82. The molecule has 53 heavy (non-hydrogen) atoms. The van der Waals surface area contributed by atoms with E-state index in [0.717, 1.165) is 60.1 Å². The topological polar surface area (TPSA) is 114 Å². The predicted molar refractivity (Wildman–Crippen MR) is 221 cm³/mol. The number of benzene rings is 4. The van der Waals surface area contributed by atoms with Crippen molar-refractivity contribution < 1.29 is 25.9 Å². The Morgan fingerprint density at radius 3 is 0.887 bits per heavy atom. The monoisotopic (exact) mass is 888 g/mol. The zero-order chi connectivity index (χ0) is 38.0. The summed E-state index contributed by atoms with van der Waals surface area (Å²) in [6, 6.07) is 18.0. The Balaban J connectivity index is 0.000000360. The minimum Gasteiger partial charge on any atom is -0.744 e. The molecule has 0 spiro atoms. The van der Waals surface area contributed by atoms with Crippen molar-refractivity contribution in [3.8, 4) is 0 Å². The Labute approximate surface area is 361 Å². The molecule has 4 aromatic rings. The van der Waals surface area contributed by atoms with Crippen LogP contribution in [0.5, 0.6) is 0 Å². The third kappa shape index (κ3) is 16.8. The van der Waals surface area contributed by atoms with Crippen LogP contribution >= 0.6 is 0 Å². The van der Waals surface area contributed by atoms with E-state index in [1.54, 1.807) is 12.1 Å². The number of aryl methyl sites for hydroxylation is 4. The van der Waals surface area contributed by atoms with Crippen molar-refractivity contribution in [3.63, 3.8) is 0 Å². The summed E-state index contributed by atoms with van der Waals surface area (Å²) in [6.45, 7) is 8.85. The minimum atomic E-state index is -4.41. The van der Waals surface area contributed by atoms with Gasteiger partial charge < -0.3 is 9.11 Å². The maximum Gasteiger partial charge on any atom is 2.00 e. The fourth-order valence-electron chi connectivity index (χ4n) is 6.95. The van der Waals surface area contributed by atoms with Gasteiger partial charge in [-0.3, -0.25) is 0 Å². The molecule has 0 saturated heterocycles. The van der Waals surface area contributed by atoms with E-state index >= 15 is 0 Å². The first-order valence-corrected chi connectivity index (χ1v) is 22.8. The molecule has 4 rings (SSSR count). The zero-order valence-electron chi connectivity index (χ0n) is 32.9. The average Bonchev–Trinajstić information content (AvgIpc) is 3.11. The molecule has 0 aliphatic heterocycles. The number of hydrogen-bond donors (Lipinski definition) is 0. The van der Waals surface area contributed by atoms with Crippen molar-refractivity contribution in [3.05, 3.63) is 82.9 Å². The molecule has 0 fully saturated rings. The molecule has 0 aromatic heterocycles. The summed E-state index contributed by atoms with van der Waals surface area (Å²) < 4.78 is 67.9. The average molecular weight is 888 g/mol. The molecule has 0 saturated carbocycles. The van der Waals surface area contributed by atoms with E-state index < -0.39 is 20.2 Å². The van der Waals surface area contributed by atoms with Gasteiger partial charge in [0, 0.05) is 0 Å². The second-order valence-electron chi connectivity index (χ2n) is 14.4. The molecule has 0 atom stereocenters. The third-order valence-corrected chi connectivity index (χ3v) is 11.7. The van der Waals surface area contributed by atoms with Gasteiger partial charge >= 0.3 is 48.9 Å². The fraction of sp³-hybridized carbons (Fsp3) is 0.545. The molecule has 9 heteroatoms. The van der Waals surface area contributed by atoms with Crippen LogP contribution in [0.4, 0.5) is 0 Å². The number of fused-ring (bicyclic) bond motifs is 2. The molecule has 0 heterocycles. The van der Waals surface area contributed by atoms with Gasteiger partial charge in [0.2, 0.25) is 0 Å². The second-order valence-corrected chi connectivity index (χ2v) is 17.2. The van der Waals surface area contributed by atoms with Crippen LogP contribution in [0.15, 0.2) is 70.5 Å². The van der Waals surface area contributed by atoms with Gasteiger partial charge in [0.1, 0.15) is 20.2 Å². The Morgan fingerprint density at radius 2 is 0.642 bits per heavy atom. The van der Waals surface area contributed by atoms with Crippen LogP contribution in [0, 0.1) is 0 Å². The van der Waals surface area contributed by atoms with Crippen molar-refractivity contribution in [1.82, 2.24) is 0 Å². The zero-order valence-corrected chi connectivity index (χ0v) is 39.0.